The van der Waals surface area contributed by atoms with Crippen LogP contribution in [0.4, 0.5) is 5.95 Å². The van der Waals surface area contributed by atoms with Gasteiger partial charge in [0, 0.05) is 18.6 Å². The van der Waals surface area contributed by atoms with Gasteiger partial charge in [-0.1, -0.05) is 23.7 Å². The number of nitrogens with zero attached hydrogens (tertiary/aromatic N) is 4. The predicted molar refractivity (Wildman–Crippen MR) is 79.6 cm³/mol. The maximum absolute atomic E-state index is 5.87. The van der Waals surface area contributed by atoms with E-state index in [1.807, 2.05) is 43.1 Å². The van der Waals surface area contributed by atoms with Crippen LogP contribution in [0.1, 0.15) is 12.5 Å². The van der Waals surface area contributed by atoms with Crippen molar-refractivity contribution in [3.8, 4) is 6.01 Å². The van der Waals surface area contributed by atoms with Crippen LogP contribution in [0.2, 0.25) is 10.3 Å². The van der Waals surface area contributed by atoms with Gasteiger partial charge in [-0.25, -0.2) is 0 Å². The zero-order valence-corrected chi connectivity index (χ0v) is 12.7. The zero-order valence-electron chi connectivity index (χ0n) is 11.2. The van der Waals surface area contributed by atoms with Crippen molar-refractivity contribution in [1.82, 2.24) is 15.0 Å². The van der Waals surface area contributed by atoms with E-state index in [4.69, 9.17) is 27.9 Å². The molecule has 2 rings (SSSR count). The highest BCUT2D eigenvalue weighted by Gasteiger charge is 2.10. The van der Waals surface area contributed by atoms with Crippen molar-refractivity contribution in [3.63, 3.8) is 0 Å². The second-order valence-electron chi connectivity index (χ2n) is 4.10. The lowest BCUT2D eigenvalue weighted by Crippen LogP contribution is -2.20. The van der Waals surface area contributed by atoms with E-state index in [9.17, 15) is 0 Å². The Morgan fingerprint density at radius 2 is 1.80 bits per heavy atom. The molecular formula is C13H14Cl2N4O. The zero-order chi connectivity index (χ0) is 14.5. The van der Waals surface area contributed by atoms with Crippen LogP contribution >= 0.6 is 23.2 Å². The molecule has 0 spiro atoms. The summed E-state index contributed by atoms with van der Waals surface area (Å²) in [4.78, 5) is 14.1. The summed E-state index contributed by atoms with van der Waals surface area (Å²) < 4.78 is 5.25. The van der Waals surface area contributed by atoms with Crippen molar-refractivity contribution in [2.24, 2.45) is 0 Å². The van der Waals surface area contributed by atoms with Crippen LogP contribution in [-0.2, 0) is 6.54 Å². The molecule has 1 heterocycles. The summed E-state index contributed by atoms with van der Waals surface area (Å²) in [7, 11) is 1.87. The van der Waals surface area contributed by atoms with E-state index < -0.39 is 0 Å². The lowest BCUT2D eigenvalue weighted by atomic mass is 10.2. The monoisotopic (exact) mass is 312 g/mol. The van der Waals surface area contributed by atoms with Gasteiger partial charge in [0.15, 0.2) is 0 Å². The Hall–Kier alpha value is -1.59. The van der Waals surface area contributed by atoms with E-state index in [1.54, 1.807) is 0 Å². The summed E-state index contributed by atoms with van der Waals surface area (Å²) in [5.74, 6) is 0.461. The van der Waals surface area contributed by atoms with Gasteiger partial charge in [-0.15, -0.1) is 0 Å². The Kier molecular flexibility index (Phi) is 4.98. The first-order chi connectivity index (χ1) is 9.58. The van der Waals surface area contributed by atoms with Gasteiger partial charge >= 0.3 is 6.01 Å². The van der Waals surface area contributed by atoms with Crippen LogP contribution in [0, 0.1) is 0 Å². The van der Waals surface area contributed by atoms with Crippen LogP contribution in [0.25, 0.3) is 0 Å². The molecule has 0 atom stereocenters. The van der Waals surface area contributed by atoms with E-state index in [-0.39, 0.29) is 11.3 Å². The summed E-state index contributed by atoms with van der Waals surface area (Å²) in [5, 5.41) is 0.819. The molecule has 1 aromatic carbocycles. The fourth-order valence-corrected chi connectivity index (χ4v) is 1.89. The maximum Gasteiger partial charge on any atom is 0.322 e. The Labute approximate surface area is 127 Å². The first kappa shape index (κ1) is 14.8. The fraction of sp³-hybridized carbons (Fsp3) is 0.308. The Morgan fingerprint density at radius 3 is 2.45 bits per heavy atom. The van der Waals surface area contributed by atoms with E-state index in [1.165, 1.54) is 0 Å². The van der Waals surface area contributed by atoms with Crippen molar-refractivity contribution < 1.29 is 4.74 Å². The van der Waals surface area contributed by atoms with Crippen LogP contribution in [0.3, 0.4) is 0 Å². The van der Waals surface area contributed by atoms with Crippen molar-refractivity contribution in [1.29, 1.82) is 0 Å². The highest BCUT2D eigenvalue weighted by Crippen LogP contribution is 2.17. The number of benzene rings is 1. The highest BCUT2D eigenvalue weighted by molar-refractivity contribution is 6.30. The van der Waals surface area contributed by atoms with E-state index >= 15 is 0 Å². The molecule has 0 saturated heterocycles. The molecule has 0 aliphatic rings. The van der Waals surface area contributed by atoms with Gasteiger partial charge < -0.3 is 9.64 Å². The van der Waals surface area contributed by atoms with Gasteiger partial charge in [0.05, 0.1) is 6.61 Å². The van der Waals surface area contributed by atoms with Crippen LogP contribution < -0.4 is 9.64 Å². The maximum atomic E-state index is 5.87. The SMILES string of the molecule is CCOc1nc(Cl)nc(N(C)Cc2ccc(Cl)cc2)n1. The molecule has 0 aliphatic heterocycles. The number of hydrogen-bond donors (Lipinski definition) is 0. The largest absolute Gasteiger partial charge is 0.464 e. The molecule has 0 bridgehead atoms. The molecule has 20 heavy (non-hydrogen) atoms. The molecule has 1 aromatic heterocycles. The Balaban J connectivity index is 2.15. The topological polar surface area (TPSA) is 51.1 Å². The normalized spacial score (nSPS) is 10.4. The number of hydrogen-bond acceptors (Lipinski definition) is 5. The minimum Gasteiger partial charge on any atom is -0.464 e. The summed E-state index contributed by atoms with van der Waals surface area (Å²) in [6.45, 7) is 2.96. The quantitative estimate of drug-likeness (QED) is 0.848. The molecular weight excluding hydrogens is 299 g/mol. The van der Waals surface area contributed by atoms with Crippen molar-refractivity contribution >= 4 is 29.2 Å². The molecule has 0 unspecified atom stereocenters. The molecule has 0 saturated carbocycles. The van der Waals surface area contributed by atoms with Gasteiger partial charge in [-0.3, -0.25) is 0 Å². The lowest BCUT2D eigenvalue weighted by Gasteiger charge is -2.17. The van der Waals surface area contributed by atoms with Gasteiger partial charge in [0.1, 0.15) is 0 Å². The Morgan fingerprint density at radius 1 is 1.10 bits per heavy atom. The molecule has 0 fully saturated rings. The smallest absolute Gasteiger partial charge is 0.322 e. The molecule has 0 N–H and O–H groups in total. The number of rotatable bonds is 5. The first-order valence-corrected chi connectivity index (χ1v) is 6.84. The van der Waals surface area contributed by atoms with Crippen LogP contribution in [-0.4, -0.2) is 28.6 Å². The number of halogens is 2. The summed E-state index contributed by atoms with van der Waals surface area (Å²) >= 11 is 11.7. The second-order valence-corrected chi connectivity index (χ2v) is 4.88. The molecule has 0 amide bonds. The third-order valence-corrected chi connectivity index (χ3v) is 2.94. The third kappa shape index (κ3) is 3.95. The summed E-state index contributed by atoms with van der Waals surface area (Å²) in [6.07, 6.45) is 0. The van der Waals surface area contributed by atoms with Gasteiger partial charge in [0.2, 0.25) is 11.2 Å². The third-order valence-electron chi connectivity index (χ3n) is 2.52. The fourth-order valence-electron chi connectivity index (χ4n) is 1.62. The van der Waals surface area contributed by atoms with E-state index in [0.29, 0.717) is 24.1 Å². The second kappa shape index (κ2) is 6.72. The van der Waals surface area contributed by atoms with Crippen LogP contribution in [0.5, 0.6) is 6.01 Å². The number of ether oxygens (including phenoxy) is 1. The Bertz CT molecular complexity index is 577. The number of aromatic nitrogens is 3. The standard InChI is InChI=1S/C13H14Cl2N4O/c1-3-20-13-17-11(15)16-12(18-13)19(2)8-9-4-6-10(14)7-5-9/h4-7H,3,8H2,1-2H3. The molecule has 2 aromatic rings. The van der Waals surface area contributed by atoms with Gasteiger partial charge in [-0.05, 0) is 36.2 Å². The van der Waals surface area contributed by atoms with Crippen molar-refractivity contribution in [2.75, 3.05) is 18.6 Å². The minimum absolute atomic E-state index is 0.112. The first-order valence-electron chi connectivity index (χ1n) is 6.08. The summed E-state index contributed by atoms with van der Waals surface area (Å²) in [5.41, 5.74) is 1.09. The van der Waals surface area contributed by atoms with E-state index in [2.05, 4.69) is 15.0 Å². The molecule has 5 nitrogen and oxygen atoms in total. The minimum atomic E-state index is 0.112. The van der Waals surface area contributed by atoms with Gasteiger partial charge in [0.25, 0.3) is 0 Å². The molecule has 0 radical (unpaired) electrons. The van der Waals surface area contributed by atoms with Gasteiger partial charge in [-0.2, -0.15) is 15.0 Å². The number of anilines is 1. The van der Waals surface area contributed by atoms with Crippen molar-refractivity contribution in [2.45, 2.75) is 13.5 Å². The molecule has 106 valence electrons. The summed E-state index contributed by atoms with van der Waals surface area (Å²) in [6, 6.07) is 7.81. The predicted octanol–water partition coefficient (Wildman–Crippen LogP) is 3.21. The molecule has 7 heteroatoms. The van der Waals surface area contributed by atoms with Crippen LogP contribution in [0.15, 0.2) is 24.3 Å². The average molecular weight is 313 g/mol. The highest BCUT2D eigenvalue weighted by atomic mass is 35.5. The van der Waals surface area contributed by atoms with E-state index in [0.717, 1.165) is 5.56 Å². The average Bonchev–Trinajstić information content (AvgIpc) is 2.41. The molecule has 0 aliphatic carbocycles. The lowest BCUT2D eigenvalue weighted by molar-refractivity contribution is 0.311. The van der Waals surface area contributed by atoms with Crippen molar-refractivity contribution in [3.05, 3.63) is 40.1 Å².